The van der Waals surface area contributed by atoms with Gasteiger partial charge in [-0.2, -0.15) is 0 Å². The maximum absolute atomic E-state index is 11.5. The van der Waals surface area contributed by atoms with E-state index >= 15 is 0 Å². The Balaban J connectivity index is 3.61. The van der Waals surface area contributed by atoms with Crippen LogP contribution in [0.3, 0.4) is 0 Å². The highest BCUT2D eigenvalue weighted by atomic mass is 16.5. The topological polar surface area (TPSA) is 52.6 Å². The third kappa shape index (κ3) is 10.1. The fourth-order valence-electron chi connectivity index (χ4n) is 1.72. The van der Waals surface area contributed by atoms with Crippen molar-refractivity contribution in [3.8, 4) is 0 Å². The van der Waals surface area contributed by atoms with Gasteiger partial charge in [-0.05, 0) is 32.1 Å². The Morgan fingerprint density at radius 2 is 1.94 bits per heavy atom. The summed E-state index contributed by atoms with van der Waals surface area (Å²) in [6.45, 7) is 5.04. The van der Waals surface area contributed by atoms with E-state index in [9.17, 15) is 9.59 Å². The largest absolute Gasteiger partial charge is 0.468 e. The van der Waals surface area contributed by atoms with Crippen LogP contribution in [0.15, 0.2) is 0 Å². The fourth-order valence-corrected chi connectivity index (χ4v) is 1.72. The van der Waals surface area contributed by atoms with E-state index in [1.807, 2.05) is 6.92 Å². The summed E-state index contributed by atoms with van der Waals surface area (Å²) in [5, 5.41) is 0. The van der Waals surface area contributed by atoms with E-state index in [0.29, 0.717) is 19.5 Å². The lowest BCUT2D eigenvalue weighted by atomic mass is 10.1. The van der Waals surface area contributed by atoms with Crippen LogP contribution in [0.25, 0.3) is 0 Å². The van der Waals surface area contributed by atoms with Crippen LogP contribution in [-0.4, -0.2) is 25.2 Å². The molecule has 0 aromatic carbocycles. The molecule has 0 fully saturated rings. The second-order valence-electron chi connectivity index (χ2n) is 4.44. The van der Waals surface area contributed by atoms with Crippen LogP contribution in [0.1, 0.15) is 65.2 Å². The maximum Gasteiger partial charge on any atom is 0.306 e. The normalized spacial score (nSPS) is 11.9. The molecule has 18 heavy (non-hydrogen) atoms. The van der Waals surface area contributed by atoms with Crippen molar-refractivity contribution >= 4 is 12.4 Å². The van der Waals surface area contributed by atoms with Gasteiger partial charge in [0.25, 0.3) is 6.47 Å². The number of rotatable bonds is 12. The van der Waals surface area contributed by atoms with Gasteiger partial charge in [-0.25, -0.2) is 0 Å². The molecule has 0 rings (SSSR count). The van der Waals surface area contributed by atoms with E-state index in [0.717, 1.165) is 44.9 Å². The lowest BCUT2D eigenvalue weighted by Gasteiger charge is -2.16. The zero-order valence-electron chi connectivity index (χ0n) is 11.7. The van der Waals surface area contributed by atoms with Gasteiger partial charge in [0, 0.05) is 6.42 Å². The molecule has 4 heteroatoms. The standard InChI is InChI=1S/C14H26O4/c1-3-5-6-10-14(16)18-13(4-2)9-7-8-11-17-12-15/h12-13H,3-11H2,1-2H3. The number of esters is 1. The Morgan fingerprint density at radius 1 is 1.17 bits per heavy atom. The van der Waals surface area contributed by atoms with Gasteiger partial charge in [0.2, 0.25) is 0 Å². The predicted molar refractivity (Wildman–Crippen MR) is 70.2 cm³/mol. The van der Waals surface area contributed by atoms with Crippen molar-refractivity contribution in [3.63, 3.8) is 0 Å². The molecule has 0 aliphatic carbocycles. The van der Waals surface area contributed by atoms with Gasteiger partial charge in [-0.15, -0.1) is 0 Å². The molecule has 0 heterocycles. The molecular weight excluding hydrogens is 232 g/mol. The monoisotopic (exact) mass is 258 g/mol. The van der Waals surface area contributed by atoms with Crippen LogP contribution in [0, 0.1) is 0 Å². The zero-order chi connectivity index (χ0) is 13.6. The molecule has 0 radical (unpaired) electrons. The van der Waals surface area contributed by atoms with E-state index in [2.05, 4.69) is 11.7 Å². The second-order valence-corrected chi connectivity index (χ2v) is 4.44. The number of unbranched alkanes of at least 4 members (excludes halogenated alkanes) is 3. The molecule has 0 aliphatic rings. The van der Waals surface area contributed by atoms with Gasteiger partial charge in [0.1, 0.15) is 6.10 Å². The van der Waals surface area contributed by atoms with Gasteiger partial charge < -0.3 is 9.47 Å². The Labute approximate surface area is 110 Å². The highest BCUT2D eigenvalue weighted by Gasteiger charge is 2.11. The van der Waals surface area contributed by atoms with E-state index in [1.54, 1.807) is 0 Å². The van der Waals surface area contributed by atoms with Crippen LogP contribution in [-0.2, 0) is 19.1 Å². The van der Waals surface area contributed by atoms with E-state index in [1.165, 1.54) is 0 Å². The number of carbonyl (C=O) groups excluding carboxylic acids is 2. The number of ether oxygens (including phenoxy) is 2. The summed E-state index contributed by atoms with van der Waals surface area (Å²) in [6.07, 6.45) is 7.06. The van der Waals surface area contributed by atoms with Gasteiger partial charge >= 0.3 is 5.97 Å². The third-order valence-electron chi connectivity index (χ3n) is 2.84. The molecule has 0 bridgehead atoms. The average molecular weight is 258 g/mol. The quantitative estimate of drug-likeness (QED) is 0.306. The first-order valence-corrected chi connectivity index (χ1v) is 6.99. The lowest BCUT2D eigenvalue weighted by Crippen LogP contribution is -2.17. The molecule has 1 atom stereocenters. The third-order valence-corrected chi connectivity index (χ3v) is 2.84. The molecular formula is C14H26O4. The molecule has 4 nitrogen and oxygen atoms in total. The summed E-state index contributed by atoms with van der Waals surface area (Å²) >= 11 is 0. The fraction of sp³-hybridized carbons (Fsp3) is 0.857. The smallest absolute Gasteiger partial charge is 0.306 e. The van der Waals surface area contributed by atoms with E-state index < -0.39 is 0 Å². The van der Waals surface area contributed by atoms with Crippen molar-refractivity contribution in [1.82, 2.24) is 0 Å². The molecule has 0 spiro atoms. The average Bonchev–Trinajstić information content (AvgIpc) is 2.37. The predicted octanol–water partition coefficient (Wildman–Crippen LogP) is 3.23. The number of carbonyl (C=O) groups is 2. The molecule has 0 aliphatic heterocycles. The molecule has 0 saturated heterocycles. The molecule has 0 N–H and O–H groups in total. The minimum Gasteiger partial charge on any atom is -0.468 e. The number of hydrogen-bond acceptors (Lipinski definition) is 4. The van der Waals surface area contributed by atoms with Gasteiger partial charge in [-0.1, -0.05) is 26.7 Å². The van der Waals surface area contributed by atoms with Crippen molar-refractivity contribution < 1.29 is 19.1 Å². The van der Waals surface area contributed by atoms with Crippen molar-refractivity contribution in [2.75, 3.05) is 6.61 Å². The molecule has 0 aromatic rings. The summed E-state index contributed by atoms with van der Waals surface area (Å²) in [4.78, 5) is 21.5. The number of hydrogen-bond donors (Lipinski definition) is 0. The Kier molecular flexibility index (Phi) is 11.7. The Bertz CT molecular complexity index is 216. The van der Waals surface area contributed by atoms with E-state index in [-0.39, 0.29) is 12.1 Å². The minimum absolute atomic E-state index is 0.00959. The maximum atomic E-state index is 11.5. The summed E-state index contributed by atoms with van der Waals surface area (Å²) in [5.41, 5.74) is 0. The van der Waals surface area contributed by atoms with Gasteiger partial charge in [0.15, 0.2) is 0 Å². The lowest BCUT2D eigenvalue weighted by molar-refractivity contribution is -0.149. The minimum atomic E-state index is -0.0839. The molecule has 0 aromatic heterocycles. The first-order valence-electron chi connectivity index (χ1n) is 6.99. The Morgan fingerprint density at radius 3 is 2.56 bits per heavy atom. The SMILES string of the molecule is CCCCCC(=O)OC(CC)CCCCOC=O. The second kappa shape index (κ2) is 12.4. The summed E-state index contributed by atoms with van der Waals surface area (Å²) in [6, 6.07) is 0. The first-order chi connectivity index (χ1) is 8.74. The van der Waals surface area contributed by atoms with Gasteiger partial charge in [0.05, 0.1) is 6.61 Å². The van der Waals surface area contributed by atoms with Crippen molar-refractivity contribution in [1.29, 1.82) is 0 Å². The van der Waals surface area contributed by atoms with Crippen LogP contribution in [0.2, 0.25) is 0 Å². The molecule has 0 saturated carbocycles. The van der Waals surface area contributed by atoms with Crippen molar-refractivity contribution in [2.45, 2.75) is 71.3 Å². The highest BCUT2D eigenvalue weighted by Crippen LogP contribution is 2.11. The molecule has 1 unspecified atom stereocenters. The van der Waals surface area contributed by atoms with Crippen LogP contribution >= 0.6 is 0 Å². The van der Waals surface area contributed by atoms with Gasteiger partial charge in [-0.3, -0.25) is 9.59 Å². The van der Waals surface area contributed by atoms with Crippen molar-refractivity contribution in [3.05, 3.63) is 0 Å². The van der Waals surface area contributed by atoms with E-state index in [4.69, 9.17) is 4.74 Å². The summed E-state index contributed by atoms with van der Waals surface area (Å²) in [7, 11) is 0. The van der Waals surface area contributed by atoms with Crippen molar-refractivity contribution in [2.24, 2.45) is 0 Å². The zero-order valence-corrected chi connectivity index (χ0v) is 11.7. The molecule has 0 amide bonds. The van der Waals surface area contributed by atoms with Crippen LogP contribution in [0.4, 0.5) is 0 Å². The highest BCUT2D eigenvalue weighted by molar-refractivity contribution is 5.69. The Hall–Kier alpha value is -1.06. The summed E-state index contributed by atoms with van der Waals surface area (Å²) in [5.74, 6) is -0.0839. The van der Waals surface area contributed by atoms with Crippen LogP contribution < -0.4 is 0 Å². The first kappa shape index (κ1) is 16.9. The molecule has 106 valence electrons. The van der Waals surface area contributed by atoms with Crippen LogP contribution in [0.5, 0.6) is 0 Å². The summed E-state index contributed by atoms with van der Waals surface area (Å²) < 4.78 is 10.0.